The molecular formula is C42H84O4S4. The molecule has 0 fully saturated rings. The van der Waals surface area contributed by atoms with Crippen LogP contribution in [0.3, 0.4) is 0 Å². The van der Waals surface area contributed by atoms with Crippen molar-refractivity contribution in [2.75, 3.05) is 11.5 Å². The van der Waals surface area contributed by atoms with E-state index in [9.17, 15) is 19.2 Å². The lowest BCUT2D eigenvalue weighted by atomic mass is 9.99. The topological polar surface area (TPSA) is 68.3 Å². The summed E-state index contributed by atoms with van der Waals surface area (Å²) in [5, 5.41) is 3.26. The highest BCUT2D eigenvalue weighted by Crippen LogP contribution is 2.33. The van der Waals surface area contributed by atoms with Gasteiger partial charge in [0.1, 0.15) is 23.1 Å². The number of hydrogen-bond donors (Lipinski definition) is 0. The van der Waals surface area contributed by atoms with Gasteiger partial charge in [-0.3, -0.25) is 19.2 Å². The third-order valence-corrected chi connectivity index (χ3v) is 12.1. The summed E-state index contributed by atoms with van der Waals surface area (Å²) in [6.07, 6.45) is 6.04. The molecule has 0 saturated heterocycles. The zero-order chi connectivity index (χ0) is 40.2. The van der Waals surface area contributed by atoms with Gasteiger partial charge in [0.2, 0.25) is 0 Å². The zero-order valence-corrected chi connectivity index (χ0v) is 39.6. The van der Waals surface area contributed by atoms with E-state index in [0.29, 0.717) is 49.4 Å². The maximum absolute atomic E-state index is 11.5. The smallest absolute Gasteiger partial charge is 0.136 e. The SMILES string of the molecule is CC(C)SC(C)(C)CCC(=O)C(C)C.CC(C)SC(C)CCC(=O)C(C)C.CC(C)SCCC(=O)C(C)C.CC(C)SCCCC(=O)C(C)C. The Morgan fingerprint density at radius 2 is 0.840 bits per heavy atom. The normalized spacial score (nSPS) is 12.2. The fourth-order valence-electron chi connectivity index (χ4n) is 4.11. The Bertz CT molecular complexity index is 862. The molecule has 1 unspecified atom stereocenters. The maximum Gasteiger partial charge on any atom is 0.136 e. The van der Waals surface area contributed by atoms with Crippen LogP contribution in [0, 0.1) is 23.7 Å². The maximum atomic E-state index is 11.5. The first kappa shape index (κ1) is 56.8. The van der Waals surface area contributed by atoms with Gasteiger partial charge in [-0.15, -0.1) is 0 Å². The highest BCUT2D eigenvalue weighted by molar-refractivity contribution is 8.01. The quantitative estimate of drug-likeness (QED) is 0.0950. The molecule has 50 heavy (non-hydrogen) atoms. The molecule has 1 atom stereocenters. The Morgan fingerprint density at radius 1 is 0.460 bits per heavy atom. The molecule has 0 spiro atoms. The van der Waals surface area contributed by atoms with Gasteiger partial charge in [-0.1, -0.05) is 132 Å². The molecule has 0 aromatic heterocycles. The summed E-state index contributed by atoms with van der Waals surface area (Å²) in [7, 11) is 0. The van der Waals surface area contributed by atoms with Gasteiger partial charge >= 0.3 is 0 Å². The number of thioether (sulfide) groups is 4. The summed E-state index contributed by atoms with van der Waals surface area (Å²) in [6.45, 7) is 39.9. The average molecular weight is 781 g/mol. The number of hydrogen-bond acceptors (Lipinski definition) is 8. The van der Waals surface area contributed by atoms with Gasteiger partial charge in [-0.2, -0.15) is 47.0 Å². The van der Waals surface area contributed by atoms with Crippen LogP contribution in [-0.4, -0.2) is 65.6 Å². The standard InChI is InChI=1S/C12H24OS.C11H22OS.C10H20OS.C9H18OS/c1-9(2)11(13)7-8-12(5,6)14-10(3)4;1-8(2)11(12)7-6-10(5)13-9(3)4;1-8(2)10(11)6-5-7-12-9(3)4;1-7(2)9(10)5-6-11-8(3)4/h9-10H,7-8H2,1-6H3;8-10H,6-7H2,1-5H3;8-9H,5-7H2,1-4H3;7-8H,5-6H2,1-4H3. The first-order valence-corrected chi connectivity index (χ1v) is 23.3. The second-order valence-corrected chi connectivity index (χ2v) is 23.8. The van der Waals surface area contributed by atoms with Gasteiger partial charge in [0, 0.05) is 65.1 Å². The first-order chi connectivity index (χ1) is 22.7. The summed E-state index contributed by atoms with van der Waals surface area (Å²) in [6, 6.07) is 0. The van der Waals surface area contributed by atoms with E-state index in [2.05, 4.69) is 76.2 Å². The lowest BCUT2D eigenvalue weighted by Gasteiger charge is -2.26. The second-order valence-electron chi connectivity index (χ2n) is 16.1. The third kappa shape index (κ3) is 44.2. The van der Waals surface area contributed by atoms with Gasteiger partial charge < -0.3 is 0 Å². The largest absolute Gasteiger partial charge is 0.299 e. The van der Waals surface area contributed by atoms with Crippen molar-refractivity contribution in [1.29, 1.82) is 0 Å². The number of Topliss-reactive ketones (excluding diaryl/α,β-unsaturated/α-hetero) is 4. The third-order valence-electron chi connectivity index (χ3n) is 7.22. The lowest BCUT2D eigenvalue weighted by Crippen LogP contribution is -2.20. The molecule has 300 valence electrons. The van der Waals surface area contributed by atoms with Crippen molar-refractivity contribution in [1.82, 2.24) is 0 Å². The Balaban J connectivity index is -0.000000283. The van der Waals surface area contributed by atoms with Gasteiger partial charge in [-0.05, 0) is 46.0 Å². The van der Waals surface area contributed by atoms with Gasteiger partial charge in [0.15, 0.2) is 0 Å². The number of carbonyl (C=O) groups is 4. The molecule has 0 rings (SSSR count). The summed E-state index contributed by atoms with van der Waals surface area (Å²) in [5.74, 6) is 4.50. The highest BCUT2D eigenvalue weighted by atomic mass is 32.2. The minimum absolute atomic E-state index is 0.190. The van der Waals surface area contributed by atoms with Gasteiger partial charge in [0.05, 0.1) is 0 Å². The van der Waals surface area contributed by atoms with Crippen molar-refractivity contribution in [3.8, 4) is 0 Å². The van der Waals surface area contributed by atoms with Crippen LogP contribution in [-0.2, 0) is 19.2 Å². The molecule has 0 aromatic rings. The zero-order valence-electron chi connectivity index (χ0n) is 36.3. The van der Waals surface area contributed by atoms with E-state index in [-0.39, 0.29) is 28.4 Å². The molecule has 0 radical (unpaired) electrons. The molecule has 0 aliphatic heterocycles. The van der Waals surface area contributed by atoms with Crippen molar-refractivity contribution in [2.24, 2.45) is 23.7 Å². The van der Waals surface area contributed by atoms with Gasteiger partial charge in [-0.25, -0.2) is 0 Å². The lowest BCUT2D eigenvalue weighted by molar-refractivity contribution is -0.122. The molecule has 0 heterocycles. The summed E-state index contributed by atoms with van der Waals surface area (Å²) in [4.78, 5) is 45.1. The predicted octanol–water partition coefficient (Wildman–Crippen LogP) is 13.3. The number of rotatable bonds is 23. The molecule has 0 saturated carbocycles. The number of carbonyl (C=O) groups excluding carboxylic acids is 4. The molecule has 0 amide bonds. The minimum Gasteiger partial charge on any atom is -0.299 e. The van der Waals surface area contributed by atoms with Crippen molar-refractivity contribution in [3.05, 3.63) is 0 Å². The van der Waals surface area contributed by atoms with Crippen molar-refractivity contribution >= 4 is 70.2 Å². The molecule has 0 bridgehead atoms. The molecule has 0 aliphatic carbocycles. The summed E-state index contributed by atoms with van der Waals surface area (Å²) < 4.78 is 0.235. The van der Waals surface area contributed by atoms with Crippen molar-refractivity contribution in [3.63, 3.8) is 0 Å². The molecule has 4 nitrogen and oxygen atoms in total. The Labute approximate surface area is 330 Å². The van der Waals surface area contributed by atoms with Crippen LogP contribution >= 0.6 is 47.0 Å². The Kier molecular flexibility index (Phi) is 38.2. The molecule has 8 heteroatoms. The van der Waals surface area contributed by atoms with Crippen LogP contribution in [0.2, 0.25) is 0 Å². The van der Waals surface area contributed by atoms with E-state index in [1.807, 2.05) is 102 Å². The van der Waals surface area contributed by atoms with Crippen molar-refractivity contribution < 1.29 is 19.2 Å². The number of ketones is 4. The van der Waals surface area contributed by atoms with E-state index in [1.165, 1.54) is 0 Å². The second kappa shape index (κ2) is 33.6. The molecule has 0 aliphatic rings. The minimum atomic E-state index is 0.190. The van der Waals surface area contributed by atoms with Crippen LogP contribution < -0.4 is 0 Å². The Hall–Kier alpha value is 0.0800. The van der Waals surface area contributed by atoms with Crippen LogP contribution in [0.5, 0.6) is 0 Å². The van der Waals surface area contributed by atoms with E-state index in [4.69, 9.17) is 0 Å². The van der Waals surface area contributed by atoms with Crippen molar-refractivity contribution in [2.45, 2.75) is 207 Å². The van der Waals surface area contributed by atoms with Crippen LogP contribution in [0.15, 0.2) is 0 Å². The Morgan fingerprint density at radius 3 is 1.22 bits per heavy atom. The van der Waals surface area contributed by atoms with Gasteiger partial charge in [0.25, 0.3) is 0 Å². The molecule has 0 N–H and O–H groups in total. The summed E-state index contributed by atoms with van der Waals surface area (Å²) >= 11 is 7.70. The summed E-state index contributed by atoms with van der Waals surface area (Å²) in [5.41, 5.74) is 0. The van der Waals surface area contributed by atoms with E-state index in [0.717, 1.165) is 56.5 Å². The fraction of sp³-hybridized carbons (Fsp3) is 0.905. The van der Waals surface area contributed by atoms with Crippen LogP contribution in [0.4, 0.5) is 0 Å². The monoisotopic (exact) mass is 781 g/mol. The highest BCUT2D eigenvalue weighted by Gasteiger charge is 2.22. The van der Waals surface area contributed by atoms with E-state index >= 15 is 0 Å². The predicted molar refractivity (Wildman–Crippen MR) is 236 cm³/mol. The molecule has 0 aromatic carbocycles. The van der Waals surface area contributed by atoms with E-state index in [1.54, 1.807) is 0 Å². The first-order valence-electron chi connectivity index (χ1n) is 19.4. The molecular weight excluding hydrogens is 697 g/mol. The van der Waals surface area contributed by atoms with E-state index < -0.39 is 0 Å². The van der Waals surface area contributed by atoms with Crippen LogP contribution in [0.1, 0.15) is 176 Å². The average Bonchev–Trinajstić information content (AvgIpc) is 2.96. The van der Waals surface area contributed by atoms with Crippen LogP contribution in [0.25, 0.3) is 0 Å². The fourth-order valence-corrected chi connectivity index (χ4v) is 8.37.